The summed E-state index contributed by atoms with van der Waals surface area (Å²) in [5.41, 5.74) is 1.11. The molecule has 2 aromatic rings. The topological polar surface area (TPSA) is 63.8 Å². The molecule has 0 atom stereocenters. The Kier molecular flexibility index (Phi) is 3.31. The standard InChI is InChI=1S/C11H11ClN2O3/c1-17-11(16)7-2-3-8-10(12)13-9(4-5-15)14(8)6-7/h2-3,6,15H,4-5H2,1H3. The van der Waals surface area contributed by atoms with Crippen molar-refractivity contribution < 1.29 is 14.6 Å². The van der Waals surface area contributed by atoms with Gasteiger partial charge in [0.25, 0.3) is 0 Å². The van der Waals surface area contributed by atoms with Crippen molar-refractivity contribution in [3.63, 3.8) is 0 Å². The van der Waals surface area contributed by atoms with Crippen LogP contribution in [0.5, 0.6) is 0 Å². The molecule has 2 aromatic heterocycles. The summed E-state index contributed by atoms with van der Waals surface area (Å²) in [6.45, 7) is -0.0299. The van der Waals surface area contributed by atoms with Crippen LogP contribution in [0.2, 0.25) is 5.15 Å². The Morgan fingerprint density at radius 3 is 3.00 bits per heavy atom. The third-order valence-electron chi connectivity index (χ3n) is 2.42. The number of pyridine rings is 1. The molecule has 0 aliphatic carbocycles. The molecule has 0 aliphatic heterocycles. The van der Waals surface area contributed by atoms with Crippen molar-refractivity contribution in [3.8, 4) is 0 Å². The quantitative estimate of drug-likeness (QED) is 0.839. The molecule has 0 spiro atoms. The highest BCUT2D eigenvalue weighted by atomic mass is 35.5. The molecule has 6 heteroatoms. The predicted octanol–water partition coefficient (Wildman–Crippen LogP) is 1.31. The predicted molar refractivity (Wildman–Crippen MR) is 62.3 cm³/mol. The normalized spacial score (nSPS) is 10.8. The molecule has 2 heterocycles. The minimum absolute atomic E-state index is 0.0299. The van der Waals surface area contributed by atoms with Crippen molar-refractivity contribution >= 4 is 23.1 Å². The summed E-state index contributed by atoms with van der Waals surface area (Å²) in [5.74, 6) is 0.185. The highest BCUT2D eigenvalue weighted by Gasteiger charge is 2.12. The number of hydrogen-bond donors (Lipinski definition) is 1. The number of halogens is 1. The number of carbonyl (C=O) groups is 1. The number of carbonyl (C=O) groups excluding carboxylic acids is 1. The Morgan fingerprint density at radius 1 is 1.59 bits per heavy atom. The van der Waals surface area contributed by atoms with Gasteiger partial charge in [-0.2, -0.15) is 0 Å². The molecule has 17 heavy (non-hydrogen) atoms. The van der Waals surface area contributed by atoms with E-state index in [1.807, 2.05) is 0 Å². The second-order valence-corrected chi connectivity index (χ2v) is 3.82. The van der Waals surface area contributed by atoms with Gasteiger partial charge in [-0.05, 0) is 12.1 Å². The highest BCUT2D eigenvalue weighted by Crippen LogP contribution is 2.19. The SMILES string of the molecule is COC(=O)c1ccc2c(Cl)nc(CCO)n2c1. The lowest BCUT2D eigenvalue weighted by atomic mass is 10.2. The van der Waals surface area contributed by atoms with E-state index < -0.39 is 5.97 Å². The lowest BCUT2D eigenvalue weighted by Gasteiger charge is -2.02. The van der Waals surface area contributed by atoms with Crippen LogP contribution in [0.25, 0.3) is 5.52 Å². The van der Waals surface area contributed by atoms with Gasteiger partial charge < -0.3 is 14.2 Å². The van der Waals surface area contributed by atoms with Crippen molar-refractivity contribution in [3.05, 3.63) is 34.9 Å². The maximum Gasteiger partial charge on any atom is 0.339 e. The zero-order chi connectivity index (χ0) is 12.4. The number of hydrogen-bond acceptors (Lipinski definition) is 4. The van der Waals surface area contributed by atoms with E-state index in [9.17, 15) is 4.79 Å². The Labute approximate surface area is 103 Å². The molecule has 0 saturated carbocycles. The Hall–Kier alpha value is -1.59. The van der Waals surface area contributed by atoms with Crippen molar-refractivity contribution in [2.24, 2.45) is 0 Å². The number of methoxy groups -OCH3 is 1. The fraction of sp³-hybridized carbons (Fsp3) is 0.273. The van der Waals surface area contributed by atoms with Gasteiger partial charge in [0.05, 0.1) is 24.8 Å². The maximum absolute atomic E-state index is 11.4. The molecule has 0 radical (unpaired) electrons. The Morgan fingerprint density at radius 2 is 2.35 bits per heavy atom. The van der Waals surface area contributed by atoms with Crippen LogP contribution < -0.4 is 0 Å². The van der Waals surface area contributed by atoms with Crippen LogP contribution in [-0.4, -0.2) is 34.2 Å². The molecule has 5 nitrogen and oxygen atoms in total. The average molecular weight is 255 g/mol. The summed E-state index contributed by atoms with van der Waals surface area (Å²) in [4.78, 5) is 15.5. The molecule has 0 bridgehead atoms. The first kappa shape index (κ1) is 11.9. The molecule has 2 rings (SSSR count). The Balaban J connectivity index is 2.57. The number of ether oxygens (including phenoxy) is 1. The lowest BCUT2D eigenvalue weighted by molar-refractivity contribution is 0.0600. The van der Waals surface area contributed by atoms with Crippen LogP contribution in [0.3, 0.4) is 0 Å². The van der Waals surface area contributed by atoms with E-state index in [2.05, 4.69) is 9.72 Å². The molecular weight excluding hydrogens is 244 g/mol. The largest absolute Gasteiger partial charge is 0.465 e. The van der Waals surface area contributed by atoms with E-state index in [1.54, 1.807) is 22.7 Å². The highest BCUT2D eigenvalue weighted by molar-refractivity contribution is 6.32. The van der Waals surface area contributed by atoms with Crippen LogP contribution in [0.4, 0.5) is 0 Å². The molecule has 0 aromatic carbocycles. The van der Waals surface area contributed by atoms with Crippen molar-refractivity contribution in [1.82, 2.24) is 9.38 Å². The molecule has 1 N–H and O–H groups in total. The second-order valence-electron chi connectivity index (χ2n) is 3.46. The number of imidazole rings is 1. The van der Waals surface area contributed by atoms with Crippen LogP contribution >= 0.6 is 11.6 Å². The fourth-order valence-corrected chi connectivity index (χ4v) is 1.87. The number of fused-ring (bicyclic) bond motifs is 1. The fourth-order valence-electron chi connectivity index (χ4n) is 1.62. The van der Waals surface area contributed by atoms with Crippen molar-refractivity contribution in [2.45, 2.75) is 6.42 Å². The summed E-state index contributed by atoms with van der Waals surface area (Å²) in [7, 11) is 1.32. The maximum atomic E-state index is 11.4. The number of aromatic nitrogens is 2. The lowest BCUT2D eigenvalue weighted by Crippen LogP contribution is -2.04. The van der Waals surface area contributed by atoms with Crippen molar-refractivity contribution in [1.29, 1.82) is 0 Å². The van der Waals surface area contributed by atoms with Gasteiger partial charge in [-0.3, -0.25) is 0 Å². The van der Waals surface area contributed by atoms with Gasteiger partial charge in [-0.25, -0.2) is 9.78 Å². The monoisotopic (exact) mass is 254 g/mol. The zero-order valence-electron chi connectivity index (χ0n) is 9.18. The van der Waals surface area contributed by atoms with E-state index in [0.717, 1.165) is 0 Å². The molecule has 0 amide bonds. The molecule has 0 saturated heterocycles. The first-order valence-electron chi connectivity index (χ1n) is 5.03. The summed E-state index contributed by atoms with van der Waals surface area (Å²) in [6.07, 6.45) is 1.98. The molecule has 0 aliphatic rings. The van der Waals surface area contributed by atoms with Gasteiger partial charge in [0.2, 0.25) is 0 Å². The third kappa shape index (κ3) is 2.11. The molecule has 0 unspecified atom stereocenters. The minimum atomic E-state index is -0.424. The van der Waals surface area contributed by atoms with Crippen LogP contribution in [0, 0.1) is 0 Å². The van der Waals surface area contributed by atoms with Gasteiger partial charge in [-0.1, -0.05) is 11.6 Å². The van der Waals surface area contributed by atoms with Gasteiger partial charge in [-0.15, -0.1) is 0 Å². The van der Waals surface area contributed by atoms with E-state index >= 15 is 0 Å². The second kappa shape index (κ2) is 4.73. The van der Waals surface area contributed by atoms with E-state index in [4.69, 9.17) is 16.7 Å². The summed E-state index contributed by atoms with van der Waals surface area (Å²) >= 11 is 5.95. The van der Waals surface area contributed by atoms with Crippen LogP contribution in [0.15, 0.2) is 18.3 Å². The first-order valence-corrected chi connectivity index (χ1v) is 5.41. The minimum Gasteiger partial charge on any atom is -0.465 e. The summed E-state index contributed by atoms with van der Waals surface area (Å²) in [5, 5.41) is 9.28. The average Bonchev–Trinajstić information content (AvgIpc) is 2.65. The number of rotatable bonds is 3. The smallest absolute Gasteiger partial charge is 0.339 e. The van der Waals surface area contributed by atoms with Gasteiger partial charge >= 0.3 is 5.97 Å². The molecular formula is C11H11ClN2O3. The van der Waals surface area contributed by atoms with Crippen LogP contribution in [-0.2, 0) is 11.2 Å². The number of aliphatic hydroxyl groups is 1. The Bertz CT molecular complexity index is 565. The van der Waals surface area contributed by atoms with Gasteiger partial charge in [0.1, 0.15) is 5.82 Å². The number of aliphatic hydroxyl groups excluding tert-OH is 1. The zero-order valence-corrected chi connectivity index (χ0v) is 9.94. The summed E-state index contributed by atoms with van der Waals surface area (Å²) < 4.78 is 6.32. The number of esters is 1. The van der Waals surface area contributed by atoms with Crippen molar-refractivity contribution in [2.75, 3.05) is 13.7 Å². The molecule has 0 fully saturated rings. The summed E-state index contributed by atoms with van der Waals surface area (Å²) in [6, 6.07) is 3.32. The van der Waals surface area contributed by atoms with E-state index in [0.29, 0.717) is 28.5 Å². The van der Waals surface area contributed by atoms with Gasteiger partial charge in [0.15, 0.2) is 5.15 Å². The third-order valence-corrected chi connectivity index (χ3v) is 2.70. The van der Waals surface area contributed by atoms with E-state index in [1.165, 1.54) is 7.11 Å². The van der Waals surface area contributed by atoms with E-state index in [-0.39, 0.29) is 6.61 Å². The number of nitrogens with zero attached hydrogens (tertiary/aromatic N) is 2. The first-order chi connectivity index (χ1) is 8.17. The molecule has 90 valence electrons. The van der Waals surface area contributed by atoms with Crippen LogP contribution in [0.1, 0.15) is 16.2 Å². The van der Waals surface area contributed by atoms with Gasteiger partial charge in [0, 0.05) is 12.6 Å².